The third kappa shape index (κ3) is 4.23. The molecular weight excluding hydrogens is 178 g/mol. The number of pyridine rings is 1. The van der Waals surface area contributed by atoms with Crippen molar-refractivity contribution in [3.63, 3.8) is 0 Å². The summed E-state index contributed by atoms with van der Waals surface area (Å²) in [4.78, 5) is 13.1. The molecule has 1 aromatic heterocycles. The van der Waals surface area contributed by atoms with Crippen LogP contribution in [0.2, 0.25) is 0 Å². The summed E-state index contributed by atoms with van der Waals surface area (Å²) in [6.07, 6.45) is 5.26. The van der Waals surface area contributed by atoms with E-state index in [-0.39, 0.29) is 5.56 Å². The van der Waals surface area contributed by atoms with Crippen LogP contribution in [0.3, 0.4) is 0 Å². The van der Waals surface area contributed by atoms with Crippen molar-refractivity contribution in [2.45, 2.75) is 26.2 Å². The van der Waals surface area contributed by atoms with Crippen LogP contribution in [0.5, 0.6) is 0 Å². The van der Waals surface area contributed by atoms with E-state index in [2.05, 4.69) is 4.98 Å². The van der Waals surface area contributed by atoms with E-state index < -0.39 is 0 Å². The first-order chi connectivity index (χ1) is 6.83. The Labute approximate surface area is 84.1 Å². The number of aromatic nitrogens is 1. The summed E-state index contributed by atoms with van der Waals surface area (Å²) >= 11 is 0. The predicted octanol–water partition coefficient (Wildman–Crippen LogP) is 1.73. The second-order valence-electron chi connectivity index (χ2n) is 3.23. The normalized spacial score (nSPS) is 14.6. The van der Waals surface area contributed by atoms with Gasteiger partial charge >= 0.3 is 0 Å². The van der Waals surface area contributed by atoms with Gasteiger partial charge in [0.25, 0.3) is 0 Å². The lowest BCUT2D eigenvalue weighted by Crippen LogP contribution is -2.01. The number of rotatable bonds is 1. The van der Waals surface area contributed by atoms with Crippen molar-refractivity contribution in [1.82, 2.24) is 4.98 Å². The maximum atomic E-state index is 10.5. The van der Waals surface area contributed by atoms with Gasteiger partial charge in [-0.05, 0) is 24.8 Å². The zero-order valence-electron chi connectivity index (χ0n) is 8.58. The molecule has 1 aromatic rings. The van der Waals surface area contributed by atoms with E-state index in [9.17, 15) is 4.79 Å². The molecule has 2 rings (SSSR count). The van der Waals surface area contributed by atoms with Crippen LogP contribution in [0.4, 0.5) is 0 Å². The number of nitrogens with one attached hydrogen (secondary N) is 1. The van der Waals surface area contributed by atoms with Crippen LogP contribution in [-0.4, -0.2) is 18.2 Å². The minimum absolute atomic E-state index is 0.0350. The molecule has 1 fully saturated rings. The van der Waals surface area contributed by atoms with E-state index in [1.165, 1.54) is 12.8 Å². The predicted molar refractivity (Wildman–Crippen MR) is 56.5 cm³/mol. The van der Waals surface area contributed by atoms with Crippen molar-refractivity contribution >= 4 is 0 Å². The molecule has 3 nitrogen and oxygen atoms in total. The Balaban J connectivity index is 0.000000165. The van der Waals surface area contributed by atoms with Gasteiger partial charge in [0.2, 0.25) is 5.56 Å². The lowest BCUT2D eigenvalue weighted by atomic mass is 10.2. The number of hydrogen-bond acceptors (Lipinski definition) is 2. The summed E-state index contributed by atoms with van der Waals surface area (Å²) < 4.78 is 4.94. The number of aryl methyl sites for hydroxylation is 1. The minimum atomic E-state index is -0.0350. The smallest absolute Gasteiger partial charge is 0.247 e. The first kappa shape index (κ1) is 11.0. The average molecular weight is 195 g/mol. The van der Waals surface area contributed by atoms with Gasteiger partial charge in [-0.25, -0.2) is 0 Å². The van der Waals surface area contributed by atoms with Crippen LogP contribution < -0.4 is 5.56 Å². The zero-order chi connectivity index (χ0) is 10.2. The van der Waals surface area contributed by atoms with Gasteiger partial charge in [0.15, 0.2) is 0 Å². The highest BCUT2D eigenvalue weighted by atomic mass is 16.5. The molecule has 0 amide bonds. The van der Waals surface area contributed by atoms with Crippen LogP contribution in [0.25, 0.3) is 0 Å². The fourth-order valence-electron chi connectivity index (χ4n) is 1.17. The molecule has 3 heteroatoms. The molecule has 0 atom stereocenters. The monoisotopic (exact) mass is 195 g/mol. The highest BCUT2D eigenvalue weighted by molar-refractivity contribution is 5.07. The topological polar surface area (TPSA) is 42.1 Å². The molecule has 2 heterocycles. The fourth-order valence-corrected chi connectivity index (χ4v) is 1.17. The Morgan fingerprint density at radius 2 is 2.07 bits per heavy atom. The molecule has 0 radical (unpaired) electrons. The van der Waals surface area contributed by atoms with Crippen LogP contribution >= 0.6 is 0 Å². The first-order valence-corrected chi connectivity index (χ1v) is 5.08. The largest absolute Gasteiger partial charge is 0.381 e. The summed E-state index contributed by atoms with van der Waals surface area (Å²) in [5.41, 5.74) is 1.13. The van der Waals surface area contributed by atoms with Gasteiger partial charge < -0.3 is 9.72 Å². The SMILES string of the molecule is C1CCOC1.CCc1ccc(=O)[nH]c1. The van der Waals surface area contributed by atoms with E-state index in [1.807, 2.05) is 13.0 Å². The van der Waals surface area contributed by atoms with Gasteiger partial charge in [-0.2, -0.15) is 0 Å². The van der Waals surface area contributed by atoms with Crippen molar-refractivity contribution in [3.8, 4) is 0 Å². The van der Waals surface area contributed by atoms with E-state index in [0.717, 1.165) is 25.2 Å². The second-order valence-corrected chi connectivity index (χ2v) is 3.23. The number of ether oxygens (including phenoxy) is 1. The molecule has 1 saturated heterocycles. The van der Waals surface area contributed by atoms with Crippen molar-refractivity contribution in [3.05, 3.63) is 34.2 Å². The minimum Gasteiger partial charge on any atom is -0.381 e. The Morgan fingerprint density at radius 1 is 1.36 bits per heavy atom. The lowest BCUT2D eigenvalue weighted by Gasteiger charge is -1.90. The summed E-state index contributed by atoms with van der Waals surface area (Å²) in [6, 6.07) is 3.37. The molecular formula is C11H17NO2. The molecule has 14 heavy (non-hydrogen) atoms. The molecule has 0 aliphatic carbocycles. The van der Waals surface area contributed by atoms with Gasteiger partial charge in [0.1, 0.15) is 0 Å². The van der Waals surface area contributed by atoms with Gasteiger partial charge in [-0.15, -0.1) is 0 Å². The standard InChI is InChI=1S/C7H9NO.C4H8O/c1-2-6-3-4-7(9)8-5-6;1-2-4-5-3-1/h3-5H,2H2,1H3,(H,8,9);1-4H2. The van der Waals surface area contributed by atoms with E-state index in [1.54, 1.807) is 12.3 Å². The first-order valence-electron chi connectivity index (χ1n) is 5.08. The van der Waals surface area contributed by atoms with Crippen molar-refractivity contribution in [2.24, 2.45) is 0 Å². The quantitative estimate of drug-likeness (QED) is 0.741. The lowest BCUT2D eigenvalue weighted by molar-refractivity contribution is 0.198. The second kappa shape index (κ2) is 6.38. The molecule has 0 saturated carbocycles. The molecule has 0 spiro atoms. The molecule has 0 aromatic carbocycles. The van der Waals surface area contributed by atoms with Gasteiger partial charge in [-0.3, -0.25) is 4.79 Å². The number of hydrogen-bond donors (Lipinski definition) is 1. The van der Waals surface area contributed by atoms with E-state index in [0.29, 0.717) is 0 Å². The van der Waals surface area contributed by atoms with Crippen molar-refractivity contribution < 1.29 is 4.74 Å². The van der Waals surface area contributed by atoms with Crippen LogP contribution in [-0.2, 0) is 11.2 Å². The maximum absolute atomic E-state index is 10.5. The van der Waals surface area contributed by atoms with Crippen molar-refractivity contribution in [2.75, 3.05) is 13.2 Å². The van der Waals surface area contributed by atoms with Crippen LogP contribution in [0.1, 0.15) is 25.3 Å². The maximum Gasteiger partial charge on any atom is 0.247 e. The molecule has 1 aliphatic heterocycles. The van der Waals surface area contributed by atoms with Crippen LogP contribution in [0.15, 0.2) is 23.1 Å². The molecule has 0 unspecified atom stereocenters. The fraction of sp³-hybridized carbons (Fsp3) is 0.545. The van der Waals surface area contributed by atoms with E-state index >= 15 is 0 Å². The summed E-state index contributed by atoms with van der Waals surface area (Å²) in [5, 5.41) is 0. The molecule has 0 bridgehead atoms. The Hall–Kier alpha value is -1.09. The van der Waals surface area contributed by atoms with Gasteiger partial charge in [-0.1, -0.05) is 13.0 Å². The van der Waals surface area contributed by atoms with Gasteiger partial charge in [0, 0.05) is 25.5 Å². The average Bonchev–Trinajstić information content (AvgIpc) is 2.77. The summed E-state index contributed by atoms with van der Waals surface area (Å²) in [5.74, 6) is 0. The number of aromatic amines is 1. The van der Waals surface area contributed by atoms with Crippen LogP contribution in [0, 0.1) is 0 Å². The summed E-state index contributed by atoms with van der Waals surface area (Å²) in [6.45, 7) is 4.05. The Morgan fingerprint density at radius 3 is 2.43 bits per heavy atom. The third-order valence-electron chi connectivity index (χ3n) is 2.08. The Bertz CT molecular complexity index is 274. The zero-order valence-corrected chi connectivity index (χ0v) is 8.58. The third-order valence-corrected chi connectivity index (χ3v) is 2.08. The Kier molecular flexibility index (Phi) is 5.00. The molecule has 78 valence electrons. The highest BCUT2D eigenvalue weighted by Crippen LogP contribution is 1.98. The summed E-state index contributed by atoms with van der Waals surface area (Å²) in [7, 11) is 0. The number of H-pyrrole nitrogens is 1. The highest BCUT2D eigenvalue weighted by Gasteiger charge is 1.94. The molecule has 1 aliphatic rings. The molecule has 1 N–H and O–H groups in total. The van der Waals surface area contributed by atoms with Gasteiger partial charge in [0.05, 0.1) is 0 Å². The van der Waals surface area contributed by atoms with E-state index in [4.69, 9.17) is 4.74 Å². The van der Waals surface area contributed by atoms with Crippen molar-refractivity contribution in [1.29, 1.82) is 0 Å².